The van der Waals surface area contributed by atoms with E-state index >= 15 is 0 Å². The molecule has 0 aliphatic heterocycles. The maximum atomic E-state index is 14.2. The Bertz CT molecular complexity index is 1020. The van der Waals surface area contributed by atoms with Crippen molar-refractivity contribution in [3.63, 3.8) is 0 Å². The van der Waals surface area contributed by atoms with E-state index in [4.69, 9.17) is 11.5 Å². The van der Waals surface area contributed by atoms with Crippen molar-refractivity contribution >= 4 is 33.1 Å². The van der Waals surface area contributed by atoms with Crippen LogP contribution in [0.4, 0.5) is 15.8 Å². The molecule has 4 N–H and O–H groups in total. The molecule has 0 unspecified atom stereocenters. The zero-order valence-electron chi connectivity index (χ0n) is 15.2. The van der Waals surface area contributed by atoms with E-state index < -0.39 is 27.5 Å². The van der Waals surface area contributed by atoms with Crippen molar-refractivity contribution in [3.8, 4) is 0 Å². The summed E-state index contributed by atoms with van der Waals surface area (Å²) < 4.78 is 38.9. The van der Waals surface area contributed by atoms with Crippen LogP contribution in [0.5, 0.6) is 0 Å². The summed E-state index contributed by atoms with van der Waals surface area (Å²) in [7, 11) is -2.18. The summed E-state index contributed by atoms with van der Waals surface area (Å²) in [6.07, 6.45) is 1.44. The van der Waals surface area contributed by atoms with Crippen molar-refractivity contribution in [2.75, 3.05) is 18.2 Å². The highest BCUT2D eigenvalue weighted by atomic mass is 32.2. The highest BCUT2D eigenvalue weighted by Crippen LogP contribution is 2.34. The number of benzene rings is 2. The van der Waals surface area contributed by atoms with Gasteiger partial charge in [-0.2, -0.15) is 4.99 Å². The van der Waals surface area contributed by atoms with Crippen molar-refractivity contribution in [2.24, 2.45) is 16.5 Å². The van der Waals surface area contributed by atoms with Crippen LogP contribution in [-0.2, 0) is 16.3 Å². The van der Waals surface area contributed by atoms with Crippen LogP contribution < -0.4 is 16.4 Å². The number of anilines is 2. The molecule has 2 aromatic rings. The second-order valence-corrected chi connectivity index (χ2v) is 7.94. The second-order valence-electron chi connectivity index (χ2n) is 5.96. The van der Waals surface area contributed by atoms with Crippen molar-refractivity contribution in [1.29, 1.82) is 0 Å². The summed E-state index contributed by atoms with van der Waals surface area (Å²) in [6.45, 7) is 1.80. The maximum Gasteiger partial charge on any atom is 0.280 e. The number of nitrogens with zero attached hydrogens (tertiary/aromatic N) is 2. The molecular formula is C18H21FN4O3S. The predicted octanol–water partition coefficient (Wildman–Crippen LogP) is 1.97. The number of carbonyl (C=O) groups excluding carboxylic acids is 1. The molecule has 0 heterocycles. The van der Waals surface area contributed by atoms with E-state index in [-0.39, 0.29) is 21.8 Å². The minimum Gasteiger partial charge on any atom is -0.370 e. The third kappa shape index (κ3) is 4.43. The van der Waals surface area contributed by atoms with Gasteiger partial charge in [-0.25, -0.2) is 12.8 Å². The number of sulfone groups is 1. The number of aryl methyl sites for hydroxylation is 1. The van der Waals surface area contributed by atoms with Gasteiger partial charge in [0, 0.05) is 18.9 Å². The van der Waals surface area contributed by atoms with Gasteiger partial charge in [-0.15, -0.1) is 0 Å². The summed E-state index contributed by atoms with van der Waals surface area (Å²) in [6, 6.07) is 8.77. The Kier molecular flexibility index (Phi) is 5.85. The zero-order chi connectivity index (χ0) is 20.4. The molecule has 0 atom stereocenters. The van der Waals surface area contributed by atoms with Crippen LogP contribution in [0.2, 0.25) is 0 Å². The van der Waals surface area contributed by atoms with Crippen LogP contribution in [-0.4, -0.2) is 33.6 Å². The molecule has 0 radical (unpaired) electrons. The minimum atomic E-state index is -3.74. The first-order chi connectivity index (χ1) is 12.6. The fraction of sp³-hybridized carbons (Fsp3) is 0.222. The lowest BCUT2D eigenvalue weighted by Gasteiger charge is -2.24. The van der Waals surface area contributed by atoms with Crippen molar-refractivity contribution in [3.05, 3.63) is 53.3 Å². The number of aliphatic imine (C=N–C) groups is 1. The van der Waals surface area contributed by atoms with E-state index in [1.807, 2.05) is 0 Å². The summed E-state index contributed by atoms with van der Waals surface area (Å²) >= 11 is 0. The van der Waals surface area contributed by atoms with Crippen LogP contribution >= 0.6 is 0 Å². The molecule has 0 bridgehead atoms. The number of para-hydroxylation sites is 1. The average Bonchev–Trinajstić information content (AvgIpc) is 2.59. The Morgan fingerprint density at radius 3 is 2.33 bits per heavy atom. The van der Waals surface area contributed by atoms with E-state index in [1.54, 1.807) is 26.1 Å². The molecule has 2 rings (SSSR count). The number of nitrogens with two attached hydrogens (primary N) is 2. The van der Waals surface area contributed by atoms with Gasteiger partial charge in [-0.1, -0.05) is 19.1 Å². The fourth-order valence-electron chi connectivity index (χ4n) is 2.69. The van der Waals surface area contributed by atoms with E-state index in [2.05, 4.69) is 4.99 Å². The molecule has 0 saturated heterocycles. The van der Waals surface area contributed by atoms with Gasteiger partial charge in [0.05, 0.1) is 16.3 Å². The van der Waals surface area contributed by atoms with E-state index in [0.717, 1.165) is 6.26 Å². The first kappa shape index (κ1) is 20.4. The minimum absolute atomic E-state index is 0.0806. The molecule has 9 heteroatoms. The monoisotopic (exact) mass is 392 g/mol. The molecule has 0 aliphatic carbocycles. The van der Waals surface area contributed by atoms with E-state index in [1.165, 1.54) is 29.2 Å². The van der Waals surface area contributed by atoms with Crippen LogP contribution in [0.15, 0.2) is 46.3 Å². The number of carbonyl (C=O) groups is 1. The summed E-state index contributed by atoms with van der Waals surface area (Å²) in [5.41, 5.74) is 11.6. The lowest BCUT2D eigenvalue weighted by molar-refractivity contribution is 0.100. The third-order valence-corrected chi connectivity index (χ3v) is 5.13. The first-order valence-electron chi connectivity index (χ1n) is 8.05. The van der Waals surface area contributed by atoms with Gasteiger partial charge >= 0.3 is 0 Å². The zero-order valence-corrected chi connectivity index (χ0v) is 16.0. The van der Waals surface area contributed by atoms with Gasteiger partial charge in [0.25, 0.3) is 5.91 Å². The molecular weight excluding hydrogens is 371 g/mol. The number of amides is 1. The van der Waals surface area contributed by atoms with Crippen molar-refractivity contribution in [2.45, 2.75) is 18.2 Å². The number of halogens is 1. The normalized spacial score (nSPS) is 11.1. The Labute approximate surface area is 157 Å². The third-order valence-electron chi connectivity index (χ3n) is 4.00. The van der Waals surface area contributed by atoms with Crippen molar-refractivity contribution < 1.29 is 17.6 Å². The highest BCUT2D eigenvalue weighted by molar-refractivity contribution is 7.90. The Morgan fingerprint density at radius 1 is 1.19 bits per heavy atom. The molecule has 0 saturated carbocycles. The Hall–Kier alpha value is -2.94. The summed E-state index contributed by atoms with van der Waals surface area (Å²) in [5.74, 6) is -1.66. The van der Waals surface area contributed by atoms with Gasteiger partial charge in [0.2, 0.25) is 0 Å². The molecule has 0 fully saturated rings. The second kappa shape index (κ2) is 7.75. The Balaban J connectivity index is 2.76. The standard InChI is InChI=1S/C18H21FN4O3S/c1-4-11-9-15(23(2)14-8-6-5-7-13(14)19)16(27(3,25)26)10-12(11)17(24)22-18(20)21/h5-10H,4H2,1-3H3,(H4,20,21,22,24). The molecule has 0 spiro atoms. The molecule has 144 valence electrons. The highest BCUT2D eigenvalue weighted by Gasteiger charge is 2.23. The topological polar surface area (TPSA) is 119 Å². The fourth-order valence-corrected chi connectivity index (χ4v) is 3.60. The summed E-state index contributed by atoms with van der Waals surface area (Å²) in [5, 5.41) is 0. The smallest absolute Gasteiger partial charge is 0.280 e. The molecule has 1 amide bonds. The molecule has 27 heavy (non-hydrogen) atoms. The van der Waals surface area contributed by atoms with E-state index in [0.29, 0.717) is 12.0 Å². The number of rotatable bonds is 5. The van der Waals surface area contributed by atoms with Gasteiger partial charge in [0.1, 0.15) is 5.82 Å². The first-order valence-corrected chi connectivity index (χ1v) is 9.94. The quantitative estimate of drug-likeness (QED) is 0.593. The Morgan fingerprint density at radius 2 is 1.81 bits per heavy atom. The van der Waals surface area contributed by atoms with Gasteiger partial charge in [-0.05, 0) is 36.2 Å². The lowest BCUT2D eigenvalue weighted by atomic mass is 10.0. The SMILES string of the molecule is CCc1cc(N(C)c2ccccc2F)c(S(C)(=O)=O)cc1C(=O)N=C(N)N. The maximum absolute atomic E-state index is 14.2. The lowest BCUT2D eigenvalue weighted by Crippen LogP contribution is -2.24. The molecule has 0 aliphatic rings. The predicted molar refractivity (Wildman–Crippen MR) is 104 cm³/mol. The van der Waals surface area contributed by atoms with Crippen molar-refractivity contribution in [1.82, 2.24) is 0 Å². The summed E-state index contributed by atoms with van der Waals surface area (Å²) in [4.78, 5) is 17.1. The number of guanidine groups is 1. The van der Waals surface area contributed by atoms with E-state index in [9.17, 15) is 17.6 Å². The number of hydrogen-bond acceptors (Lipinski definition) is 4. The molecule has 2 aromatic carbocycles. The van der Waals surface area contributed by atoms with Gasteiger partial charge in [-0.3, -0.25) is 4.79 Å². The molecule has 0 aromatic heterocycles. The van der Waals surface area contributed by atoms with Crippen LogP contribution in [0.3, 0.4) is 0 Å². The largest absolute Gasteiger partial charge is 0.370 e. The van der Waals surface area contributed by atoms with Crippen LogP contribution in [0.25, 0.3) is 0 Å². The average molecular weight is 392 g/mol. The van der Waals surface area contributed by atoms with Gasteiger partial charge in [0.15, 0.2) is 15.8 Å². The van der Waals surface area contributed by atoms with Crippen LogP contribution in [0, 0.1) is 5.82 Å². The molecule has 7 nitrogen and oxygen atoms in total. The number of hydrogen-bond donors (Lipinski definition) is 2. The van der Waals surface area contributed by atoms with Gasteiger partial charge < -0.3 is 16.4 Å². The van der Waals surface area contributed by atoms with Crippen LogP contribution in [0.1, 0.15) is 22.8 Å².